The van der Waals surface area contributed by atoms with Crippen molar-refractivity contribution in [3.63, 3.8) is 0 Å². The van der Waals surface area contributed by atoms with E-state index in [0.29, 0.717) is 70.0 Å². The summed E-state index contributed by atoms with van der Waals surface area (Å²) in [4.78, 5) is 56.0. The Morgan fingerprint density at radius 2 is 0.383 bits per heavy atom. The minimum atomic E-state index is 0.647. The van der Waals surface area contributed by atoms with Gasteiger partial charge in [-0.15, -0.1) is 0 Å². The predicted molar refractivity (Wildman–Crippen MR) is 487 cm³/mol. The Balaban J connectivity index is 0.000000110. The van der Waals surface area contributed by atoms with E-state index in [0.717, 1.165) is 72.3 Å². The first-order valence-electron chi connectivity index (χ1n) is 39.8. The van der Waals surface area contributed by atoms with Crippen LogP contribution >= 0.6 is 0 Å². The van der Waals surface area contributed by atoms with Crippen LogP contribution in [0.25, 0.3) is 179 Å². The van der Waals surface area contributed by atoms with Gasteiger partial charge in [-0.05, 0) is 133 Å². The molecule has 0 aliphatic carbocycles. The molecular weight excluding hydrogens is 1470 g/mol. The van der Waals surface area contributed by atoms with Crippen molar-refractivity contribution in [1.82, 2.24) is 68.9 Å². The first-order chi connectivity index (χ1) is 59.1. The molecule has 6 aromatic heterocycles. The third kappa shape index (κ3) is 16.6. The van der Waals surface area contributed by atoms with Gasteiger partial charge in [0, 0.05) is 66.2 Å². The van der Waals surface area contributed by atoms with Gasteiger partial charge in [-0.1, -0.05) is 340 Å². The molecule has 0 spiro atoms. The molecule has 0 saturated carbocycles. The fourth-order valence-corrected chi connectivity index (χ4v) is 15.0. The second-order valence-corrected chi connectivity index (χ2v) is 28.9. The highest BCUT2D eigenvalue weighted by molar-refractivity contribution is 6.11. The second-order valence-electron chi connectivity index (χ2n) is 28.9. The van der Waals surface area contributed by atoms with E-state index in [9.17, 15) is 0 Å². The predicted octanol–water partition coefficient (Wildman–Crippen LogP) is 25.3. The van der Waals surface area contributed by atoms with E-state index in [-0.39, 0.29) is 0 Å². The molecule has 120 heavy (non-hydrogen) atoms. The minimum absolute atomic E-state index is 0.647. The normalized spacial score (nSPS) is 11.0. The molecule has 0 aliphatic rings. The fourth-order valence-electron chi connectivity index (χ4n) is 15.0. The summed E-state index contributed by atoms with van der Waals surface area (Å²) in [5.41, 5.74) is 21.9. The largest absolute Gasteiger partial charge is 0.309 e. The van der Waals surface area contributed by atoms with Crippen LogP contribution in [0.15, 0.2) is 400 Å². The average molecular weight is 1550 g/mol. The van der Waals surface area contributed by atoms with E-state index in [2.05, 4.69) is 273 Å². The third-order valence-corrected chi connectivity index (χ3v) is 20.7. The zero-order valence-electron chi connectivity index (χ0n) is 66.4. The van der Waals surface area contributed by atoms with Crippen LogP contribution in [-0.4, -0.2) is 68.9 Å². The first kappa shape index (κ1) is 75.3. The number of fused-ring (bicyclic) bond motifs is 6. The van der Waals surface area contributed by atoms with E-state index in [4.69, 9.17) is 19.9 Å². The molecule has 15 aromatic carbocycles. The maximum Gasteiger partial charge on any atom is 0.238 e. The maximum atomic E-state index is 4.82. The van der Waals surface area contributed by atoms with Crippen LogP contribution in [0.4, 0.5) is 0 Å². The SMILES string of the molecule is Cc1nc(-c2ccc(-c3ccccc3)cc2)nc(-c2ccc(-c3ccccc3)cc2)n1.Cc1nc(-c2cccc(-c3ccccc3)c2)nc(-c2cccc(-c3ccccc3)c2)n1.Cc1nc(-c2ccccc2)nc(-c2ccc3c(c2)c2ccccc2n3-c2ccccc2)n1.Cc1nc(-c2ccccc2)nc(-n2c3ccccc3c3ccccc32)n1. The van der Waals surface area contributed by atoms with Crippen molar-refractivity contribution in [3.05, 3.63) is 424 Å². The molecule has 6 heterocycles. The van der Waals surface area contributed by atoms with Gasteiger partial charge in [0.2, 0.25) is 5.95 Å². The summed E-state index contributed by atoms with van der Waals surface area (Å²) in [5, 5.41) is 4.79. The molecule has 0 unspecified atom stereocenters. The molecule has 21 aromatic rings. The Bertz CT molecular complexity index is 6900. The van der Waals surface area contributed by atoms with Crippen LogP contribution in [0, 0.1) is 27.7 Å². The zero-order valence-corrected chi connectivity index (χ0v) is 66.4. The molecule has 14 heteroatoms. The highest BCUT2D eigenvalue weighted by atomic mass is 15.2. The van der Waals surface area contributed by atoms with Gasteiger partial charge in [0.05, 0.1) is 22.1 Å². The van der Waals surface area contributed by atoms with Crippen molar-refractivity contribution in [1.29, 1.82) is 0 Å². The fraction of sp³-hybridized carbons (Fsp3) is 0.0377. The monoisotopic (exact) mass is 1550 g/mol. The second kappa shape index (κ2) is 34.6. The standard InChI is InChI=1S/C28H20N4.2C28H21N3.C22H16N4/c1-19-29-27(20-10-4-2-5-11-20)31-28(30-19)21-16-17-26-24(18-21)23-14-8-9-15-25(23)32(26)22-12-6-3-7-13-22;1-20-29-27(25-16-8-14-23(18-25)21-10-4-2-5-11-21)31-28(30-20)26-17-9-15-24(19-26)22-12-6-3-7-13-22;1-20-29-27(25-16-12-23(13-17-25)21-8-4-2-5-9-21)31-28(30-20)26-18-14-24(15-19-26)22-10-6-3-7-11-22;1-15-23-21(16-9-3-2-4-10-16)25-22(24-15)26-19-13-7-5-11-17(19)18-12-6-8-14-20(18)26/h2-18H,1H3;2*2-19H,1H3;2-14H,1H3. The van der Waals surface area contributed by atoms with Crippen LogP contribution in [0.2, 0.25) is 0 Å². The number of aromatic nitrogens is 14. The highest BCUT2D eigenvalue weighted by Gasteiger charge is 2.20. The van der Waals surface area contributed by atoms with Crippen LogP contribution in [-0.2, 0) is 0 Å². The molecule has 0 N–H and O–H groups in total. The zero-order chi connectivity index (χ0) is 81.1. The lowest BCUT2D eigenvalue weighted by Gasteiger charge is -2.09. The lowest BCUT2D eigenvalue weighted by atomic mass is 10.0. The quantitative estimate of drug-likeness (QED) is 0.107. The van der Waals surface area contributed by atoms with Gasteiger partial charge >= 0.3 is 0 Å². The third-order valence-electron chi connectivity index (χ3n) is 20.7. The molecule has 0 radical (unpaired) electrons. The van der Waals surface area contributed by atoms with Gasteiger partial charge in [0.1, 0.15) is 23.3 Å². The molecule has 0 aliphatic heterocycles. The van der Waals surface area contributed by atoms with E-state index in [1.54, 1.807) is 0 Å². The summed E-state index contributed by atoms with van der Waals surface area (Å²) < 4.78 is 4.42. The molecule has 0 amide bonds. The summed E-state index contributed by atoms with van der Waals surface area (Å²) in [6.07, 6.45) is 0. The molecule has 21 rings (SSSR count). The molecule has 0 saturated heterocycles. The average Bonchev–Trinajstić information content (AvgIpc) is 1.60. The summed E-state index contributed by atoms with van der Waals surface area (Å²) in [5.74, 6) is 8.29. The Kier molecular flexibility index (Phi) is 21.7. The molecular formula is C106H78N14. The molecule has 0 atom stereocenters. The van der Waals surface area contributed by atoms with Crippen molar-refractivity contribution >= 4 is 43.6 Å². The topological polar surface area (TPSA) is 165 Å². The lowest BCUT2D eigenvalue weighted by Crippen LogP contribution is -2.06. The van der Waals surface area contributed by atoms with Crippen molar-refractivity contribution in [2.75, 3.05) is 0 Å². The van der Waals surface area contributed by atoms with Crippen LogP contribution in [0.5, 0.6) is 0 Å². The number of hydrogen-bond donors (Lipinski definition) is 0. The smallest absolute Gasteiger partial charge is 0.238 e. The maximum absolute atomic E-state index is 4.82. The molecule has 14 nitrogen and oxygen atoms in total. The van der Waals surface area contributed by atoms with Crippen LogP contribution < -0.4 is 0 Å². The minimum Gasteiger partial charge on any atom is -0.309 e. The Morgan fingerprint density at radius 1 is 0.150 bits per heavy atom. The number of benzene rings is 15. The van der Waals surface area contributed by atoms with Crippen molar-refractivity contribution < 1.29 is 0 Å². The number of nitrogens with zero attached hydrogens (tertiary/aromatic N) is 14. The van der Waals surface area contributed by atoms with E-state index in [1.165, 1.54) is 60.4 Å². The van der Waals surface area contributed by atoms with Crippen molar-refractivity contribution in [2.24, 2.45) is 0 Å². The number of para-hydroxylation sites is 4. The summed E-state index contributed by atoms with van der Waals surface area (Å²) >= 11 is 0. The Hall–Kier alpha value is -16.1. The van der Waals surface area contributed by atoms with Gasteiger partial charge in [-0.3, -0.25) is 4.57 Å². The Morgan fingerprint density at radius 3 is 0.767 bits per heavy atom. The lowest BCUT2D eigenvalue weighted by molar-refractivity contribution is 0.907. The Labute approximate surface area is 695 Å². The summed E-state index contributed by atoms with van der Waals surface area (Å²) in [6.45, 7) is 7.64. The number of rotatable bonds is 13. The van der Waals surface area contributed by atoms with Gasteiger partial charge in [0.25, 0.3) is 0 Å². The van der Waals surface area contributed by atoms with Crippen molar-refractivity contribution in [3.8, 4) is 136 Å². The van der Waals surface area contributed by atoms with E-state index < -0.39 is 0 Å². The van der Waals surface area contributed by atoms with Gasteiger partial charge in [-0.25, -0.2) is 49.8 Å². The molecule has 0 fully saturated rings. The van der Waals surface area contributed by atoms with Crippen LogP contribution in [0.3, 0.4) is 0 Å². The van der Waals surface area contributed by atoms with Crippen LogP contribution in [0.1, 0.15) is 23.3 Å². The van der Waals surface area contributed by atoms with Gasteiger partial charge < -0.3 is 4.57 Å². The van der Waals surface area contributed by atoms with Gasteiger partial charge in [0.15, 0.2) is 40.8 Å². The van der Waals surface area contributed by atoms with E-state index >= 15 is 0 Å². The molecule has 572 valence electrons. The van der Waals surface area contributed by atoms with E-state index in [1.807, 2.05) is 204 Å². The van der Waals surface area contributed by atoms with Gasteiger partial charge in [-0.2, -0.15) is 9.97 Å². The molecule has 0 bridgehead atoms. The summed E-state index contributed by atoms with van der Waals surface area (Å²) in [7, 11) is 0. The summed E-state index contributed by atoms with van der Waals surface area (Å²) in [6, 6.07) is 137. The van der Waals surface area contributed by atoms with Crippen molar-refractivity contribution in [2.45, 2.75) is 27.7 Å². The number of hydrogen-bond acceptors (Lipinski definition) is 12. The highest BCUT2D eigenvalue weighted by Crippen LogP contribution is 2.37. The number of aryl methyl sites for hydroxylation is 4. The first-order valence-corrected chi connectivity index (χ1v) is 39.8.